The lowest BCUT2D eigenvalue weighted by Crippen LogP contribution is -2.03. The highest BCUT2D eigenvalue weighted by atomic mass is 35.5. The first kappa shape index (κ1) is 14.3. The SMILES string of the molecule is CNc1ncnc(Oc2cc(Cl)cc(Cl)c2)c1[N+](=O)[O-]. The molecular formula is C11H8Cl2N4O3. The van der Waals surface area contributed by atoms with Crippen LogP contribution in [0.15, 0.2) is 24.5 Å². The van der Waals surface area contributed by atoms with Crippen molar-refractivity contribution in [2.24, 2.45) is 0 Å². The van der Waals surface area contributed by atoms with E-state index in [-0.39, 0.29) is 23.1 Å². The van der Waals surface area contributed by atoms with E-state index < -0.39 is 4.92 Å². The van der Waals surface area contributed by atoms with E-state index in [2.05, 4.69) is 15.3 Å². The molecule has 2 aromatic rings. The molecule has 0 aliphatic rings. The van der Waals surface area contributed by atoms with Crippen LogP contribution in [0.4, 0.5) is 11.5 Å². The maximum Gasteiger partial charge on any atom is 0.373 e. The molecule has 20 heavy (non-hydrogen) atoms. The molecule has 0 saturated carbocycles. The van der Waals surface area contributed by atoms with Crippen molar-refractivity contribution >= 4 is 34.7 Å². The van der Waals surface area contributed by atoms with Crippen LogP contribution in [-0.2, 0) is 0 Å². The zero-order valence-electron chi connectivity index (χ0n) is 10.1. The average molecular weight is 315 g/mol. The lowest BCUT2D eigenvalue weighted by molar-refractivity contribution is -0.385. The van der Waals surface area contributed by atoms with Crippen molar-refractivity contribution in [3.63, 3.8) is 0 Å². The number of nitro groups is 1. The van der Waals surface area contributed by atoms with Gasteiger partial charge in [-0.05, 0) is 18.2 Å². The van der Waals surface area contributed by atoms with Crippen molar-refractivity contribution in [1.29, 1.82) is 0 Å². The van der Waals surface area contributed by atoms with Crippen LogP contribution in [0.3, 0.4) is 0 Å². The van der Waals surface area contributed by atoms with Gasteiger partial charge in [-0.2, -0.15) is 4.98 Å². The summed E-state index contributed by atoms with van der Waals surface area (Å²) in [6.45, 7) is 0. The highest BCUT2D eigenvalue weighted by molar-refractivity contribution is 6.34. The standard InChI is InChI=1S/C11H8Cl2N4O3/c1-14-10-9(17(18)19)11(16-5-15-10)20-8-3-6(12)2-7(13)4-8/h2-5H,1H3,(H,14,15,16). The fourth-order valence-electron chi connectivity index (χ4n) is 1.48. The number of ether oxygens (including phenoxy) is 1. The Hall–Kier alpha value is -2.12. The van der Waals surface area contributed by atoms with Crippen LogP contribution in [0.2, 0.25) is 10.0 Å². The Kier molecular flexibility index (Phi) is 4.21. The molecule has 2 rings (SSSR count). The Morgan fingerprint density at radius 3 is 2.45 bits per heavy atom. The molecule has 1 aromatic carbocycles. The normalized spacial score (nSPS) is 10.2. The molecule has 0 atom stereocenters. The largest absolute Gasteiger partial charge is 0.433 e. The van der Waals surface area contributed by atoms with Crippen molar-refractivity contribution in [3.8, 4) is 11.6 Å². The van der Waals surface area contributed by atoms with E-state index in [9.17, 15) is 10.1 Å². The lowest BCUT2D eigenvalue weighted by atomic mass is 10.3. The Balaban J connectivity index is 2.45. The Morgan fingerprint density at radius 2 is 1.90 bits per heavy atom. The van der Waals surface area contributed by atoms with Crippen LogP contribution in [-0.4, -0.2) is 21.9 Å². The third-order valence-electron chi connectivity index (χ3n) is 2.26. The molecule has 0 fully saturated rings. The van der Waals surface area contributed by atoms with Crippen LogP contribution in [0.5, 0.6) is 11.6 Å². The molecular weight excluding hydrogens is 307 g/mol. The van der Waals surface area contributed by atoms with E-state index in [0.717, 1.165) is 6.33 Å². The zero-order valence-corrected chi connectivity index (χ0v) is 11.6. The second kappa shape index (κ2) is 5.89. The summed E-state index contributed by atoms with van der Waals surface area (Å²) in [5.74, 6) is 0.0900. The number of halogens is 2. The van der Waals surface area contributed by atoms with Gasteiger partial charge in [-0.25, -0.2) is 4.98 Å². The van der Waals surface area contributed by atoms with Gasteiger partial charge in [0, 0.05) is 17.1 Å². The molecule has 1 heterocycles. The zero-order chi connectivity index (χ0) is 14.7. The Morgan fingerprint density at radius 1 is 1.25 bits per heavy atom. The van der Waals surface area contributed by atoms with E-state index in [1.165, 1.54) is 25.2 Å². The minimum Gasteiger partial charge on any atom is -0.433 e. The van der Waals surface area contributed by atoms with Crippen LogP contribution in [0, 0.1) is 10.1 Å². The van der Waals surface area contributed by atoms with Gasteiger partial charge in [-0.3, -0.25) is 10.1 Å². The molecule has 0 unspecified atom stereocenters. The summed E-state index contributed by atoms with van der Waals surface area (Å²) in [4.78, 5) is 18.0. The maximum absolute atomic E-state index is 11.1. The molecule has 104 valence electrons. The predicted molar refractivity (Wildman–Crippen MR) is 74.8 cm³/mol. The van der Waals surface area contributed by atoms with E-state index in [4.69, 9.17) is 27.9 Å². The molecule has 7 nitrogen and oxygen atoms in total. The Labute approximate surface area is 123 Å². The first-order valence-electron chi connectivity index (χ1n) is 5.32. The van der Waals surface area contributed by atoms with Crippen LogP contribution >= 0.6 is 23.2 Å². The average Bonchev–Trinajstić information content (AvgIpc) is 2.36. The van der Waals surface area contributed by atoms with E-state index >= 15 is 0 Å². The van der Waals surface area contributed by atoms with Crippen molar-refractivity contribution in [2.45, 2.75) is 0 Å². The number of anilines is 1. The first-order valence-corrected chi connectivity index (χ1v) is 6.08. The van der Waals surface area contributed by atoms with Gasteiger partial charge in [-0.1, -0.05) is 23.2 Å². The van der Waals surface area contributed by atoms with Gasteiger partial charge in [0.2, 0.25) is 5.82 Å². The molecule has 1 aromatic heterocycles. The number of hydrogen-bond acceptors (Lipinski definition) is 6. The smallest absolute Gasteiger partial charge is 0.373 e. The summed E-state index contributed by atoms with van der Waals surface area (Å²) < 4.78 is 5.37. The third kappa shape index (κ3) is 3.06. The summed E-state index contributed by atoms with van der Waals surface area (Å²) in [6, 6.07) is 4.46. The summed E-state index contributed by atoms with van der Waals surface area (Å²) in [5.41, 5.74) is -0.369. The molecule has 1 N–H and O–H groups in total. The minimum absolute atomic E-state index is 0.0492. The fraction of sp³-hybridized carbons (Fsp3) is 0.0909. The predicted octanol–water partition coefficient (Wildman–Crippen LogP) is 3.53. The number of benzene rings is 1. The van der Waals surface area contributed by atoms with Crippen molar-refractivity contribution in [1.82, 2.24) is 9.97 Å². The summed E-state index contributed by atoms with van der Waals surface area (Å²) in [6.07, 6.45) is 1.15. The number of rotatable bonds is 4. The lowest BCUT2D eigenvalue weighted by Gasteiger charge is -2.07. The van der Waals surface area contributed by atoms with Crippen LogP contribution in [0.25, 0.3) is 0 Å². The quantitative estimate of drug-likeness (QED) is 0.685. The molecule has 0 aliphatic heterocycles. The number of nitrogens with zero attached hydrogens (tertiary/aromatic N) is 3. The monoisotopic (exact) mass is 314 g/mol. The van der Waals surface area contributed by atoms with Gasteiger partial charge in [0.15, 0.2) is 0 Å². The highest BCUT2D eigenvalue weighted by Gasteiger charge is 2.24. The van der Waals surface area contributed by atoms with E-state index in [0.29, 0.717) is 10.0 Å². The first-order chi connectivity index (χ1) is 9.51. The summed E-state index contributed by atoms with van der Waals surface area (Å²) in [7, 11) is 1.51. The van der Waals surface area contributed by atoms with Gasteiger partial charge in [0.1, 0.15) is 12.1 Å². The van der Waals surface area contributed by atoms with Gasteiger partial charge in [0.25, 0.3) is 0 Å². The molecule has 0 spiro atoms. The highest BCUT2D eigenvalue weighted by Crippen LogP contribution is 2.35. The second-order valence-corrected chi connectivity index (χ2v) is 4.46. The van der Waals surface area contributed by atoms with Gasteiger partial charge >= 0.3 is 11.6 Å². The number of aromatic nitrogens is 2. The minimum atomic E-state index is -0.632. The molecule has 9 heteroatoms. The van der Waals surface area contributed by atoms with Crippen molar-refractivity contribution < 1.29 is 9.66 Å². The van der Waals surface area contributed by atoms with E-state index in [1.54, 1.807) is 0 Å². The Bertz CT molecular complexity index is 646. The number of nitrogens with one attached hydrogen (secondary N) is 1. The second-order valence-electron chi connectivity index (χ2n) is 3.59. The summed E-state index contributed by atoms with van der Waals surface area (Å²) in [5, 5.41) is 14.4. The molecule has 0 bridgehead atoms. The van der Waals surface area contributed by atoms with Gasteiger partial charge < -0.3 is 10.1 Å². The molecule has 0 saturated heterocycles. The van der Waals surface area contributed by atoms with Gasteiger partial charge in [0.05, 0.1) is 4.92 Å². The van der Waals surface area contributed by atoms with Crippen molar-refractivity contribution in [2.75, 3.05) is 12.4 Å². The van der Waals surface area contributed by atoms with Crippen LogP contribution < -0.4 is 10.1 Å². The van der Waals surface area contributed by atoms with Gasteiger partial charge in [-0.15, -0.1) is 0 Å². The fourth-order valence-corrected chi connectivity index (χ4v) is 1.99. The van der Waals surface area contributed by atoms with Crippen LogP contribution in [0.1, 0.15) is 0 Å². The molecule has 0 amide bonds. The maximum atomic E-state index is 11.1. The summed E-state index contributed by atoms with van der Waals surface area (Å²) >= 11 is 11.7. The third-order valence-corrected chi connectivity index (χ3v) is 2.70. The van der Waals surface area contributed by atoms with Crippen molar-refractivity contribution in [3.05, 3.63) is 44.7 Å². The topological polar surface area (TPSA) is 90.2 Å². The molecule has 0 radical (unpaired) electrons. The van der Waals surface area contributed by atoms with E-state index in [1.807, 2.05) is 0 Å². The number of hydrogen-bond donors (Lipinski definition) is 1. The molecule has 0 aliphatic carbocycles.